The summed E-state index contributed by atoms with van der Waals surface area (Å²) in [6, 6.07) is 14.1. The number of nitrogens with one attached hydrogen (secondary N) is 1. The lowest BCUT2D eigenvalue weighted by molar-refractivity contribution is -0.135. The summed E-state index contributed by atoms with van der Waals surface area (Å²) in [6.45, 7) is 1.54. The first-order chi connectivity index (χ1) is 13.4. The van der Waals surface area contributed by atoms with Crippen LogP contribution in [0.15, 0.2) is 53.4 Å². The van der Waals surface area contributed by atoms with E-state index in [1.54, 1.807) is 38.2 Å². The normalized spacial score (nSPS) is 10.2. The maximum absolute atomic E-state index is 12.2. The summed E-state index contributed by atoms with van der Waals surface area (Å²) in [6.07, 6.45) is 2.37. The zero-order valence-corrected chi connectivity index (χ0v) is 17.0. The van der Waals surface area contributed by atoms with Crippen molar-refractivity contribution in [1.29, 1.82) is 0 Å². The number of carbonyl (C=O) groups is 3. The average molecular weight is 401 g/mol. The molecule has 0 aliphatic rings. The van der Waals surface area contributed by atoms with E-state index in [9.17, 15) is 14.4 Å². The Morgan fingerprint density at radius 1 is 1.07 bits per heavy atom. The Morgan fingerprint density at radius 3 is 2.39 bits per heavy atom. The van der Waals surface area contributed by atoms with E-state index < -0.39 is 0 Å². The first-order valence-corrected chi connectivity index (χ1v) is 10.1. The molecule has 0 unspecified atom stereocenters. The van der Waals surface area contributed by atoms with Gasteiger partial charge in [0.1, 0.15) is 5.75 Å². The maximum atomic E-state index is 12.2. The predicted molar refractivity (Wildman–Crippen MR) is 111 cm³/mol. The number of hydrogen-bond donors (Lipinski definition) is 1. The van der Waals surface area contributed by atoms with Crippen LogP contribution in [0.3, 0.4) is 0 Å². The van der Waals surface area contributed by atoms with Crippen molar-refractivity contribution in [2.75, 3.05) is 31.8 Å². The number of Topliss-reactive ketones (excluding diaryl/α,β-unsaturated/α-hetero) is 1. The predicted octanol–water partition coefficient (Wildman–Crippen LogP) is 3.48. The van der Waals surface area contributed by atoms with Gasteiger partial charge in [0.15, 0.2) is 12.4 Å². The lowest BCUT2D eigenvalue weighted by Gasteiger charge is -2.18. The van der Waals surface area contributed by atoms with Crippen molar-refractivity contribution in [3.05, 3.63) is 54.1 Å². The second-order valence-corrected chi connectivity index (χ2v) is 6.94. The van der Waals surface area contributed by atoms with Gasteiger partial charge in [0.2, 0.25) is 5.91 Å². The zero-order valence-electron chi connectivity index (χ0n) is 16.2. The van der Waals surface area contributed by atoms with Crippen LogP contribution in [0.5, 0.6) is 5.75 Å². The number of ether oxygens (including phenoxy) is 1. The van der Waals surface area contributed by atoms with Gasteiger partial charge < -0.3 is 15.0 Å². The highest BCUT2D eigenvalue weighted by Gasteiger charge is 2.15. The summed E-state index contributed by atoms with van der Waals surface area (Å²) in [5.74, 6) is -0.0500. The fourth-order valence-electron chi connectivity index (χ4n) is 2.44. The molecule has 2 amide bonds. The van der Waals surface area contributed by atoms with Gasteiger partial charge in [-0.1, -0.05) is 19.1 Å². The third kappa shape index (κ3) is 6.13. The molecule has 0 aromatic heterocycles. The van der Waals surface area contributed by atoms with Gasteiger partial charge in [0.25, 0.3) is 5.91 Å². The first kappa shape index (κ1) is 21.5. The van der Waals surface area contributed by atoms with Crippen molar-refractivity contribution in [1.82, 2.24) is 4.90 Å². The lowest BCUT2D eigenvalue weighted by atomic mass is 10.1. The second-order valence-electron chi connectivity index (χ2n) is 6.09. The van der Waals surface area contributed by atoms with E-state index in [-0.39, 0.29) is 30.7 Å². The van der Waals surface area contributed by atoms with E-state index in [0.717, 1.165) is 10.6 Å². The van der Waals surface area contributed by atoms with Crippen LogP contribution in [0.2, 0.25) is 0 Å². The third-order valence-corrected chi connectivity index (χ3v) is 4.84. The summed E-state index contributed by atoms with van der Waals surface area (Å²) >= 11 is 1.54. The molecule has 2 rings (SSSR count). The largest absolute Gasteiger partial charge is 0.484 e. The molecule has 0 bridgehead atoms. The minimum atomic E-state index is -0.318. The molecule has 0 fully saturated rings. The molecule has 2 aromatic rings. The van der Waals surface area contributed by atoms with Crippen molar-refractivity contribution in [3.8, 4) is 5.75 Å². The number of nitrogens with zero attached hydrogens (tertiary/aromatic N) is 1. The Morgan fingerprint density at radius 2 is 1.75 bits per heavy atom. The topological polar surface area (TPSA) is 75.7 Å². The number of thioether (sulfide) groups is 1. The molecule has 0 spiro atoms. The van der Waals surface area contributed by atoms with Crippen LogP contribution in [0, 0.1) is 0 Å². The number of para-hydroxylation sites is 1. The minimum absolute atomic E-state index is 0.0522. The Hall–Kier alpha value is -2.80. The summed E-state index contributed by atoms with van der Waals surface area (Å²) in [5.41, 5.74) is 1.33. The Kier molecular flexibility index (Phi) is 8.07. The molecule has 7 heteroatoms. The number of carbonyl (C=O) groups excluding carboxylic acids is 3. The lowest BCUT2D eigenvalue weighted by Crippen LogP contribution is -2.37. The molecule has 148 valence electrons. The van der Waals surface area contributed by atoms with Gasteiger partial charge in [-0.3, -0.25) is 14.4 Å². The summed E-state index contributed by atoms with van der Waals surface area (Å²) in [5, 5.41) is 2.82. The maximum Gasteiger partial charge on any atom is 0.260 e. The zero-order chi connectivity index (χ0) is 20.5. The minimum Gasteiger partial charge on any atom is -0.484 e. The van der Waals surface area contributed by atoms with Crippen molar-refractivity contribution in [2.45, 2.75) is 18.2 Å². The monoisotopic (exact) mass is 400 g/mol. The van der Waals surface area contributed by atoms with Gasteiger partial charge in [-0.05, 0) is 42.7 Å². The number of amides is 2. The quantitative estimate of drug-likeness (QED) is 0.515. The first-order valence-electron chi connectivity index (χ1n) is 8.87. The molecule has 0 saturated carbocycles. The number of rotatable bonds is 9. The van der Waals surface area contributed by atoms with Crippen LogP contribution in [-0.2, 0) is 9.59 Å². The molecule has 0 aliphatic heterocycles. The molecule has 0 heterocycles. The van der Waals surface area contributed by atoms with E-state index in [1.807, 2.05) is 30.5 Å². The van der Waals surface area contributed by atoms with Crippen molar-refractivity contribution >= 4 is 35.0 Å². The average Bonchev–Trinajstić information content (AvgIpc) is 2.72. The number of benzene rings is 2. The number of ketones is 1. The van der Waals surface area contributed by atoms with E-state index in [4.69, 9.17) is 4.74 Å². The van der Waals surface area contributed by atoms with Gasteiger partial charge in [-0.25, -0.2) is 0 Å². The van der Waals surface area contributed by atoms with Crippen molar-refractivity contribution in [2.24, 2.45) is 0 Å². The van der Waals surface area contributed by atoms with Gasteiger partial charge in [0, 0.05) is 23.9 Å². The third-order valence-electron chi connectivity index (χ3n) is 4.05. The van der Waals surface area contributed by atoms with Crippen LogP contribution >= 0.6 is 11.8 Å². The van der Waals surface area contributed by atoms with Crippen LogP contribution in [0.1, 0.15) is 23.7 Å². The van der Waals surface area contributed by atoms with E-state index >= 15 is 0 Å². The molecule has 6 nitrogen and oxygen atoms in total. The smallest absolute Gasteiger partial charge is 0.260 e. The summed E-state index contributed by atoms with van der Waals surface area (Å²) in [4.78, 5) is 38.3. The highest BCUT2D eigenvalue weighted by molar-refractivity contribution is 7.98. The Balaban J connectivity index is 1.83. The molecule has 2 aromatic carbocycles. The number of hydrogen-bond acceptors (Lipinski definition) is 5. The highest BCUT2D eigenvalue weighted by atomic mass is 32.2. The summed E-state index contributed by atoms with van der Waals surface area (Å²) in [7, 11) is 1.55. The van der Waals surface area contributed by atoms with Gasteiger partial charge >= 0.3 is 0 Å². The van der Waals surface area contributed by atoms with E-state index in [0.29, 0.717) is 17.7 Å². The summed E-state index contributed by atoms with van der Waals surface area (Å²) < 4.78 is 5.46. The Bertz CT molecular complexity index is 837. The molecular weight excluding hydrogens is 376 g/mol. The van der Waals surface area contributed by atoms with Crippen molar-refractivity contribution in [3.63, 3.8) is 0 Å². The molecular formula is C21H24N2O4S. The molecule has 0 saturated heterocycles. The molecule has 0 atom stereocenters. The van der Waals surface area contributed by atoms with Crippen molar-refractivity contribution < 1.29 is 19.1 Å². The molecule has 0 aliphatic carbocycles. The molecule has 1 N–H and O–H groups in total. The van der Waals surface area contributed by atoms with Gasteiger partial charge in [-0.15, -0.1) is 11.8 Å². The van der Waals surface area contributed by atoms with Crippen LogP contribution in [-0.4, -0.2) is 49.0 Å². The van der Waals surface area contributed by atoms with Crippen LogP contribution < -0.4 is 10.1 Å². The van der Waals surface area contributed by atoms with E-state index in [2.05, 4.69) is 5.32 Å². The number of anilines is 1. The van der Waals surface area contributed by atoms with Gasteiger partial charge in [0.05, 0.1) is 12.2 Å². The van der Waals surface area contributed by atoms with Crippen LogP contribution in [0.25, 0.3) is 0 Å². The fourth-order valence-corrected chi connectivity index (χ4v) is 2.99. The standard InChI is InChI=1S/C21H24N2O4S/c1-4-18(24)15-9-11-16(12-10-15)27-14-21(26)23(2)13-20(25)22-17-7-5-6-8-19(17)28-3/h5-12H,4,13-14H2,1-3H3,(H,22,25). The van der Waals surface area contributed by atoms with E-state index in [1.165, 1.54) is 16.7 Å². The molecule has 28 heavy (non-hydrogen) atoms. The molecule has 0 radical (unpaired) electrons. The number of likely N-dealkylation sites (N-methyl/N-ethyl adjacent to an activating group) is 1. The Labute approximate surface area is 169 Å². The van der Waals surface area contributed by atoms with Crippen LogP contribution in [0.4, 0.5) is 5.69 Å². The van der Waals surface area contributed by atoms with Gasteiger partial charge in [-0.2, -0.15) is 0 Å². The fraction of sp³-hybridized carbons (Fsp3) is 0.286. The highest BCUT2D eigenvalue weighted by Crippen LogP contribution is 2.24. The second kappa shape index (κ2) is 10.5. The SMILES string of the molecule is CCC(=O)c1ccc(OCC(=O)N(C)CC(=O)Nc2ccccc2SC)cc1.